The van der Waals surface area contributed by atoms with Gasteiger partial charge in [0.1, 0.15) is 0 Å². The summed E-state index contributed by atoms with van der Waals surface area (Å²) < 4.78 is 4.51. The molecule has 3 heterocycles. The molecule has 0 fully saturated rings. The number of aryl methyl sites for hydroxylation is 1. The number of aromatic nitrogens is 2. The van der Waals surface area contributed by atoms with Gasteiger partial charge in [0.2, 0.25) is 5.69 Å². The summed E-state index contributed by atoms with van der Waals surface area (Å²) >= 11 is 0. The third kappa shape index (κ3) is 1.84. The standard InChI is InChI=1S/C26H19N2/c1-3-27-14-7-6-12-23(27)21-16-22-20-11-8-10-19-18-9-4-5-13-24(18)28(26(19)20)25(22)15-17(21)2/h3-16H,1H2,2H3/q+1. The van der Waals surface area contributed by atoms with Crippen LogP contribution in [0.1, 0.15) is 5.56 Å². The molecule has 2 nitrogen and oxygen atoms in total. The highest BCUT2D eigenvalue weighted by atomic mass is 14.9. The topological polar surface area (TPSA) is 8.29 Å². The van der Waals surface area contributed by atoms with Gasteiger partial charge in [-0.15, -0.1) is 0 Å². The highest BCUT2D eigenvalue weighted by Gasteiger charge is 2.20. The van der Waals surface area contributed by atoms with Gasteiger partial charge < -0.3 is 4.40 Å². The fraction of sp³-hybridized carbons (Fsp3) is 0.0385. The molecule has 28 heavy (non-hydrogen) atoms. The van der Waals surface area contributed by atoms with Crippen molar-refractivity contribution in [2.45, 2.75) is 6.92 Å². The fourth-order valence-corrected chi connectivity index (χ4v) is 4.70. The van der Waals surface area contributed by atoms with E-state index in [1.165, 1.54) is 49.2 Å². The highest BCUT2D eigenvalue weighted by molar-refractivity contribution is 6.23. The molecule has 132 valence electrons. The normalized spacial score (nSPS) is 11.9. The molecule has 3 aromatic heterocycles. The van der Waals surface area contributed by atoms with Crippen LogP contribution in [-0.2, 0) is 0 Å². The molecule has 0 spiro atoms. The Kier molecular flexibility index (Phi) is 2.99. The molecule has 0 N–H and O–H groups in total. The minimum atomic E-state index is 1.16. The number of fused-ring (bicyclic) bond motifs is 6. The molecule has 2 heteroatoms. The lowest BCUT2D eigenvalue weighted by Crippen LogP contribution is -2.27. The Labute approximate surface area is 162 Å². The Morgan fingerprint density at radius 1 is 0.786 bits per heavy atom. The van der Waals surface area contributed by atoms with Gasteiger partial charge in [-0.3, -0.25) is 0 Å². The monoisotopic (exact) mass is 359 g/mol. The van der Waals surface area contributed by atoms with E-state index in [0.29, 0.717) is 0 Å². The lowest BCUT2D eigenvalue weighted by atomic mass is 10.00. The Morgan fingerprint density at radius 3 is 2.39 bits per heavy atom. The minimum Gasteiger partial charge on any atom is -0.308 e. The predicted molar refractivity (Wildman–Crippen MR) is 118 cm³/mol. The Bertz CT molecular complexity index is 1540. The first-order valence-corrected chi connectivity index (χ1v) is 9.58. The van der Waals surface area contributed by atoms with Crippen molar-refractivity contribution in [2.75, 3.05) is 0 Å². The molecule has 0 radical (unpaired) electrons. The quantitative estimate of drug-likeness (QED) is 0.325. The van der Waals surface area contributed by atoms with Gasteiger partial charge in [0, 0.05) is 33.7 Å². The zero-order valence-corrected chi connectivity index (χ0v) is 15.7. The Hall–Kier alpha value is -3.65. The van der Waals surface area contributed by atoms with Gasteiger partial charge in [0.15, 0.2) is 12.4 Å². The van der Waals surface area contributed by atoms with Crippen LogP contribution in [-0.4, -0.2) is 4.40 Å². The summed E-state index contributed by atoms with van der Waals surface area (Å²) in [6.45, 7) is 6.16. The van der Waals surface area contributed by atoms with E-state index in [2.05, 4.69) is 89.2 Å². The van der Waals surface area contributed by atoms with E-state index in [1.54, 1.807) is 0 Å². The van der Waals surface area contributed by atoms with E-state index in [4.69, 9.17) is 0 Å². The van der Waals surface area contributed by atoms with E-state index in [-0.39, 0.29) is 0 Å². The summed E-state index contributed by atoms with van der Waals surface area (Å²) in [5.41, 5.74) is 7.53. The molecule has 6 rings (SSSR count). The zero-order chi connectivity index (χ0) is 18.8. The largest absolute Gasteiger partial charge is 0.308 e. The van der Waals surface area contributed by atoms with E-state index < -0.39 is 0 Å². The van der Waals surface area contributed by atoms with E-state index >= 15 is 0 Å². The Balaban J connectivity index is 1.82. The third-order valence-electron chi connectivity index (χ3n) is 5.93. The molecule has 0 amide bonds. The van der Waals surface area contributed by atoms with Crippen molar-refractivity contribution >= 4 is 44.3 Å². The lowest BCUT2D eigenvalue weighted by Gasteiger charge is -2.06. The van der Waals surface area contributed by atoms with Gasteiger partial charge in [-0.05, 0) is 43.3 Å². The van der Waals surface area contributed by atoms with Crippen molar-refractivity contribution in [3.63, 3.8) is 0 Å². The van der Waals surface area contributed by atoms with Gasteiger partial charge >= 0.3 is 0 Å². The molecule has 0 aliphatic rings. The van der Waals surface area contributed by atoms with Crippen LogP contribution >= 0.6 is 0 Å². The van der Waals surface area contributed by atoms with Crippen LogP contribution in [0.5, 0.6) is 0 Å². The third-order valence-corrected chi connectivity index (χ3v) is 5.93. The molecule has 0 aliphatic carbocycles. The van der Waals surface area contributed by atoms with Crippen molar-refractivity contribution < 1.29 is 4.57 Å². The number of hydrogen-bond acceptors (Lipinski definition) is 0. The van der Waals surface area contributed by atoms with Gasteiger partial charge in [-0.25, -0.2) is 0 Å². The van der Waals surface area contributed by atoms with Crippen molar-refractivity contribution in [3.8, 4) is 11.3 Å². The maximum atomic E-state index is 3.97. The van der Waals surface area contributed by atoms with Crippen LogP contribution in [0.25, 0.3) is 55.6 Å². The van der Waals surface area contributed by atoms with Crippen molar-refractivity contribution in [2.24, 2.45) is 0 Å². The first-order valence-electron chi connectivity index (χ1n) is 9.58. The highest BCUT2D eigenvalue weighted by Crippen LogP contribution is 2.40. The zero-order valence-electron chi connectivity index (χ0n) is 15.7. The first-order chi connectivity index (χ1) is 13.8. The van der Waals surface area contributed by atoms with Crippen LogP contribution in [0.4, 0.5) is 0 Å². The van der Waals surface area contributed by atoms with Gasteiger partial charge in [0.25, 0.3) is 0 Å². The van der Waals surface area contributed by atoms with E-state index in [0.717, 1.165) is 5.69 Å². The van der Waals surface area contributed by atoms with Crippen LogP contribution in [0.15, 0.2) is 85.6 Å². The molecule has 0 unspecified atom stereocenters. The van der Waals surface area contributed by atoms with Gasteiger partial charge in [-0.2, -0.15) is 4.57 Å². The number of rotatable bonds is 2. The number of benzene rings is 3. The second kappa shape index (κ2) is 5.43. The van der Waals surface area contributed by atoms with Crippen LogP contribution in [0.2, 0.25) is 0 Å². The smallest absolute Gasteiger partial charge is 0.218 e. The van der Waals surface area contributed by atoms with Crippen molar-refractivity contribution in [1.82, 2.24) is 4.40 Å². The molecule has 6 aromatic rings. The van der Waals surface area contributed by atoms with Crippen LogP contribution < -0.4 is 4.57 Å². The molecule has 3 aromatic carbocycles. The lowest BCUT2D eigenvalue weighted by molar-refractivity contribution is -0.555. The number of hydrogen-bond donors (Lipinski definition) is 0. The molecule has 0 aliphatic heterocycles. The van der Waals surface area contributed by atoms with Gasteiger partial charge in [-0.1, -0.05) is 36.4 Å². The molecule has 0 saturated carbocycles. The van der Waals surface area contributed by atoms with Gasteiger partial charge in [0.05, 0.1) is 22.1 Å². The minimum absolute atomic E-state index is 1.16. The molecular formula is C26H19N2+. The summed E-state index contributed by atoms with van der Waals surface area (Å²) in [7, 11) is 0. The predicted octanol–water partition coefficient (Wildman–Crippen LogP) is 6.20. The average Bonchev–Trinajstić information content (AvgIpc) is 3.24. The van der Waals surface area contributed by atoms with E-state index in [1.807, 2.05) is 18.5 Å². The average molecular weight is 359 g/mol. The summed E-state index contributed by atoms with van der Waals surface area (Å²) in [6.07, 6.45) is 3.91. The first kappa shape index (κ1) is 15.4. The molecule has 0 bridgehead atoms. The second-order valence-corrected chi connectivity index (χ2v) is 7.41. The summed E-state index contributed by atoms with van der Waals surface area (Å²) in [6, 6.07) is 26.3. The molecular weight excluding hydrogens is 340 g/mol. The number of nitrogens with zero attached hydrogens (tertiary/aromatic N) is 2. The van der Waals surface area contributed by atoms with Crippen molar-refractivity contribution in [1.29, 1.82) is 0 Å². The van der Waals surface area contributed by atoms with E-state index in [9.17, 15) is 0 Å². The number of pyridine rings is 1. The summed E-state index contributed by atoms with van der Waals surface area (Å²) in [5.74, 6) is 0. The maximum Gasteiger partial charge on any atom is 0.218 e. The molecule has 0 atom stereocenters. The summed E-state index contributed by atoms with van der Waals surface area (Å²) in [5, 5.41) is 5.25. The Morgan fingerprint density at radius 2 is 1.54 bits per heavy atom. The number of para-hydroxylation sites is 2. The van der Waals surface area contributed by atoms with Crippen molar-refractivity contribution in [3.05, 3.63) is 91.1 Å². The van der Waals surface area contributed by atoms with Crippen LogP contribution in [0, 0.1) is 6.92 Å². The maximum absolute atomic E-state index is 3.97. The SMILES string of the molecule is C=C[n+]1ccccc1-c1cc2c3cccc4c5ccccc5n(c2cc1C)c43. The second-order valence-electron chi connectivity index (χ2n) is 7.41. The molecule has 0 saturated heterocycles. The fourth-order valence-electron chi connectivity index (χ4n) is 4.70. The van der Waals surface area contributed by atoms with Crippen LogP contribution in [0.3, 0.4) is 0 Å². The summed E-state index contributed by atoms with van der Waals surface area (Å²) in [4.78, 5) is 0.